The predicted octanol–water partition coefficient (Wildman–Crippen LogP) is 7.37. The van der Waals surface area contributed by atoms with Crippen molar-refractivity contribution < 1.29 is 24.0 Å². The zero-order valence-electron chi connectivity index (χ0n) is 23.0. The molecule has 8 heteroatoms. The topological polar surface area (TPSA) is 87.5 Å². The number of halogens is 1. The van der Waals surface area contributed by atoms with E-state index < -0.39 is 0 Å². The van der Waals surface area contributed by atoms with Gasteiger partial charge in [0.05, 0.1) is 12.8 Å². The molecular formula is C33H29ClN2O5. The molecule has 1 heterocycles. The van der Waals surface area contributed by atoms with Gasteiger partial charge in [0.2, 0.25) is 0 Å². The number of carbonyl (C=O) groups excluding carboxylic acids is 3. The van der Waals surface area contributed by atoms with E-state index >= 15 is 0 Å². The normalized spacial score (nSPS) is 10.4. The number of Topliss-reactive ketones (excluding diaryl/α,β-unsaturated/α-hetero) is 1. The van der Waals surface area contributed by atoms with Gasteiger partial charge >= 0.3 is 6.15 Å². The van der Waals surface area contributed by atoms with Crippen LogP contribution in [0.1, 0.15) is 41.3 Å². The van der Waals surface area contributed by atoms with Crippen LogP contribution >= 0.6 is 11.6 Å². The number of aryl methyl sites for hydroxylation is 1. The van der Waals surface area contributed by atoms with Gasteiger partial charge in [-0.05, 0) is 77.7 Å². The van der Waals surface area contributed by atoms with Crippen molar-refractivity contribution in [1.82, 2.24) is 9.94 Å². The Kier molecular flexibility index (Phi) is 9.69. The number of rotatable bonds is 9. The van der Waals surface area contributed by atoms with Gasteiger partial charge in [0.25, 0.3) is 0 Å². The minimum Gasteiger partial charge on any atom is -0.497 e. The zero-order valence-corrected chi connectivity index (χ0v) is 23.8. The van der Waals surface area contributed by atoms with E-state index in [9.17, 15) is 4.79 Å². The largest absolute Gasteiger partial charge is 0.497 e. The van der Waals surface area contributed by atoms with Crippen LogP contribution in [0.5, 0.6) is 5.75 Å². The Morgan fingerprint density at radius 3 is 2.29 bits per heavy atom. The first-order valence-corrected chi connectivity index (χ1v) is 13.4. The standard InChI is InChI=1S/C32H29ClN2O3.CO2/c1-4-5-32(36)23-8-6-22(7-9-23)20-38-35-31(19-30(34-35)27-14-21(2)15-28(33)17-27)26-11-10-25-18-29(37-3)13-12-24(25)16-26;2-1-3/h6-19H,4-5,20H2,1-3H3;. The van der Waals surface area contributed by atoms with Gasteiger partial charge in [0, 0.05) is 28.1 Å². The Morgan fingerprint density at radius 2 is 1.61 bits per heavy atom. The highest BCUT2D eigenvalue weighted by molar-refractivity contribution is 6.31. The number of benzene rings is 4. The third-order valence-corrected chi connectivity index (χ3v) is 6.68. The van der Waals surface area contributed by atoms with Gasteiger partial charge in [0.15, 0.2) is 5.78 Å². The van der Waals surface area contributed by atoms with Gasteiger partial charge in [-0.3, -0.25) is 4.79 Å². The Balaban J connectivity index is 0.00000124. The second kappa shape index (κ2) is 13.6. The summed E-state index contributed by atoms with van der Waals surface area (Å²) in [4.78, 5) is 36.2. The van der Waals surface area contributed by atoms with Crippen LogP contribution in [-0.4, -0.2) is 29.0 Å². The quantitative estimate of drug-likeness (QED) is 0.172. The van der Waals surface area contributed by atoms with Crippen LogP contribution < -0.4 is 9.57 Å². The third kappa shape index (κ3) is 7.28. The minimum atomic E-state index is 0.157. The van der Waals surface area contributed by atoms with E-state index in [1.807, 2.05) is 74.5 Å². The van der Waals surface area contributed by atoms with Crippen molar-refractivity contribution in [3.05, 3.63) is 107 Å². The maximum Gasteiger partial charge on any atom is 0.373 e. The first-order chi connectivity index (χ1) is 19.8. The van der Waals surface area contributed by atoms with Crippen molar-refractivity contribution in [1.29, 1.82) is 0 Å². The molecule has 0 atom stereocenters. The summed E-state index contributed by atoms with van der Waals surface area (Å²) < 4.78 is 5.37. The number of hydrogen-bond donors (Lipinski definition) is 0. The second-order valence-corrected chi connectivity index (χ2v) is 9.90. The average molecular weight is 569 g/mol. The lowest BCUT2D eigenvalue weighted by Gasteiger charge is -2.11. The molecule has 0 N–H and O–H groups in total. The lowest BCUT2D eigenvalue weighted by Crippen LogP contribution is -2.14. The molecule has 0 aliphatic carbocycles. The summed E-state index contributed by atoms with van der Waals surface area (Å²) in [6.07, 6.45) is 1.64. The number of nitrogens with zero attached hydrogens (tertiary/aromatic N) is 2. The number of ketones is 1. The first-order valence-electron chi connectivity index (χ1n) is 13.1. The number of ether oxygens (including phenoxy) is 1. The predicted molar refractivity (Wildman–Crippen MR) is 158 cm³/mol. The van der Waals surface area contributed by atoms with Crippen molar-refractivity contribution in [3.63, 3.8) is 0 Å². The number of fused-ring (bicyclic) bond motifs is 1. The van der Waals surface area contributed by atoms with Gasteiger partial charge in [-0.1, -0.05) is 65.8 Å². The van der Waals surface area contributed by atoms with Crippen molar-refractivity contribution >= 4 is 34.3 Å². The fourth-order valence-electron chi connectivity index (χ4n) is 4.49. The molecule has 41 heavy (non-hydrogen) atoms. The highest BCUT2D eigenvalue weighted by Gasteiger charge is 2.15. The molecule has 1 aromatic heterocycles. The molecule has 0 spiro atoms. The zero-order chi connectivity index (χ0) is 29.4. The molecule has 0 saturated heterocycles. The summed E-state index contributed by atoms with van der Waals surface area (Å²) in [6.45, 7) is 4.32. The summed E-state index contributed by atoms with van der Waals surface area (Å²) in [5.74, 6) is 0.976. The van der Waals surface area contributed by atoms with Crippen LogP contribution in [-0.2, 0) is 16.2 Å². The molecule has 5 aromatic rings. The minimum absolute atomic E-state index is 0.157. The summed E-state index contributed by atoms with van der Waals surface area (Å²) in [6, 6.07) is 27.7. The van der Waals surface area contributed by atoms with Crippen molar-refractivity contribution in [2.75, 3.05) is 7.11 Å². The van der Waals surface area contributed by atoms with E-state index in [1.165, 1.54) is 0 Å². The van der Waals surface area contributed by atoms with E-state index in [1.54, 1.807) is 12.0 Å². The molecule has 0 radical (unpaired) electrons. The smallest absolute Gasteiger partial charge is 0.373 e. The fourth-order valence-corrected chi connectivity index (χ4v) is 4.78. The molecule has 0 bridgehead atoms. The van der Waals surface area contributed by atoms with E-state index in [2.05, 4.69) is 24.3 Å². The molecule has 208 valence electrons. The number of carbonyl (C=O) groups is 1. The summed E-state index contributed by atoms with van der Waals surface area (Å²) in [5, 5.41) is 7.63. The number of hydrogen-bond acceptors (Lipinski definition) is 6. The molecular weight excluding hydrogens is 540 g/mol. The van der Waals surface area contributed by atoms with Crippen molar-refractivity contribution in [2.24, 2.45) is 0 Å². The highest BCUT2D eigenvalue weighted by Crippen LogP contribution is 2.31. The average Bonchev–Trinajstić information content (AvgIpc) is 3.40. The van der Waals surface area contributed by atoms with Gasteiger partial charge < -0.3 is 9.57 Å². The Bertz CT molecular complexity index is 1680. The van der Waals surface area contributed by atoms with Gasteiger partial charge in [-0.25, -0.2) is 0 Å². The van der Waals surface area contributed by atoms with Crippen molar-refractivity contribution in [2.45, 2.75) is 33.3 Å². The lowest BCUT2D eigenvalue weighted by atomic mass is 10.0. The second-order valence-electron chi connectivity index (χ2n) is 9.46. The van der Waals surface area contributed by atoms with E-state index in [0.29, 0.717) is 18.1 Å². The SMILES string of the molecule is CCCC(=O)c1ccc(COn2nc(-c3cc(C)cc(Cl)c3)cc2-c2ccc3cc(OC)ccc3c2)cc1.O=C=O. The summed E-state index contributed by atoms with van der Waals surface area (Å²) in [5.41, 5.74) is 6.21. The third-order valence-electron chi connectivity index (χ3n) is 6.47. The van der Waals surface area contributed by atoms with E-state index in [0.717, 1.165) is 62.1 Å². The fraction of sp³-hybridized carbons (Fsp3) is 0.182. The van der Waals surface area contributed by atoms with Gasteiger partial charge in [0.1, 0.15) is 18.1 Å². The first kappa shape index (κ1) is 29.3. The Labute approximate surface area is 243 Å². The van der Waals surface area contributed by atoms with E-state index in [4.69, 9.17) is 35.9 Å². The lowest BCUT2D eigenvalue weighted by molar-refractivity contribution is -0.191. The molecule has 0 aliphatic rings. The number of methoxy groups -OCH3 is 1. The molecule has 0 saturated carbocycles. The molecule has 0 aliphatic heterocycles. The molecule has 0 fully saturated rings. The summed E-state index contributed by atoms with van der Waals surface area (Å²) in [7, 11) is 1.67. The van der Waals surface area contributed by atoms with E-state index in [-0.39, 0.29) is 11.9 Å². The Morgan fingerprint density at radius 1 is 0.902 bits per heavy atom. The van der Waals surface area contributed by atoms with Crippen LogP contribution in [0, 0.1) is 6.92 Å². The molecule has 0 unspecified atom stereocenters. The Hall–Kier alpha value is -4.71. The van der Waals surface area contributed by atoms with Crippen molar-refractivity contribution in [3.8, 4) is 28.3 Å². The molecule has 4 aromatic carbocycles. The highest BCUT2D eigenvalue weighted by atomic mass is 35.5. The number of aromatic nitrogens is 2. The van der Waals surface area contributed by atoms with Crippen LogP contribution in [0.25, 0.3) is 33.3 Å². The van der Waals surface area contributed by atoms with Gasteiger partial charge in [-0.15, -0.1) is 5.10 Å². The van der Waals surface area contributed by atoms with Crippen LogP contribution in [0.3, 0.4) is 0 Å². The monoisotopic (exact) mass is 568 g/mol. The maximum absolute atomic E-state index is 12.2. The van der Waals surface area contributed by atoms with Crippen LogP contribution in [0.4, 0.5) is 0 Å². The van der Waals surface area contributed by atoms with Gasteiger partial charge in [-0.2, -0.15) is 9.59 Å². The maximum atomic E-state index is 12.2. The molecule has 0 amide bonds. The van der Waals surface area contributed by atoms with Crippen LogP contribution in [0.2, 0.25) is 5.02 Å². The summed E-state index contributed by atoms with van der Waals surface area (Å²) >= 11 is 6.35. The molecule has 5 rings (SSSR count). The molecule has 7 nitrogen and oxygen atoms in total. The van der Waals surface area contributed by atoms with Crippen LogP contribution in [0.15, 0.2) is 84.9 Å².